The van der Waals surface area contributed by atoms with Crippen LogP contribution < -0.4 is 16.0 Å². The number of aliphatic imine (C=N–C) groups is 1. The van der Waals surface area contributed by atoms with E-state index in [0.29, 0.717) is 25.6 Å². The van der Waals surface area contributed by atoms with Gasteiger partial charge in [0.25, 0.3) is 0 Å². The van der Waals surface area contributed by atoms with Crippen molar-refractivity contribution < 1.29 is 13.2 Å². The van der Waals surface area contributed by atoms with Crippen LogP contribution in [0, 0.1) is 6.92 Å². The fraction of sp³-hybridized carbons (Fsp3) is 0.389. The fourth-order valence-electron chi connectivity index (χ4n) is 2.35. The van der Waals surface area contributed by atoms with Crippen molar-refractivity contribution in [3.63, 3.8) is 0 Å². The molecule has 0 radical (unpaired) electrons. The second-order valence-corrected chi connectivity index (χ2v) is 6.71. The first-order valence-electron chi connectivity index (χ1n) is 8.55. The molecule has 0 bridgehead atoms. The molecule has 1 heterocycles. The lowest BCUT2D eigenvalue weighted by atomic mass is 10.1. The van der Waals surface area contributed by atoms with Crippen molar-refractivity contribution in [3.05, 3.63) is 47.3 Å². The Bertz CT molecular complexity index is 816. The number of guanidine groups is 1. The minimum atomic E-state index is -4.49. The highest BCUT2D eigenvalue weighted by Gasteiger charge is 2.32. The summed E-state index contributed by atoms with van der Waals surface area (Å²) < 4.78 is 38.0. The van der Waals surface area contributed by atoms with E-state index in [9.17, 15) is 13.2 Å². The van der Waals surface area contributed by atoms with Crippen LogP contribution in [-0.4, -0.2) is 42.3 Å². The van der Waals surface area contributed by atoms with Gasteiger partial charge in [-0.2, -0.15) is 13.2 Å². The maximum atomic E-state index is 12.7. The van der Waals surface area contributed by atoms with Crippen LogP contribution in [-0.2, 0) is 12.7 Å². The fourth-order valence-corrected chi connectivity index (χ4v) is 3.06. The molecule has 11 heteroatoms. The van der Waals surface area contributed by atoms with E-state index in [2.05, 4.69) is 56.0 Å². The van der Waals surface area contributed by atoms with E-state index < -0.39 is 11.9 Å². The Kier molecular flexibility index (Phi) is 10.5. The molecular weight excluding hydrogens is 516 g/mol. The smallest absolute Gasteiger partial charge is 0.355 e. The third-order valence-corrected chi connectivity index (χ3v) is 4.58. The van der Waals surface area contributed by atoms with E-state index in [1.54, 1.807) is 18.8 Å². The number of anilines is 1. The monoisotopic (exact) mass is 540 g/mol. The molecule has 0 fully saturated rings. The average molecular weight is 540 g/mol. The summed E-state index contributed by atoms with van der Waals surface area (Å²) >= 11 is 1.69. The summed E-state index contributed by atoms with van der Waals surface area (Å²) in [6.07, 6.45) is -1.38. The number of nitrogens with one attached hydrogen (secondary N) is 3. The van der Waals surface area contributed by atoms with Crippen LogP contribution in [0.5, 0.6) is 0 Å². The number of benzene rings is 1. The zero-order valence-corrected chi connectivity index (χ0v) is 19.4. The summed E-state index contributed by atoms with van der Waals surface area (Å²) in [6.45, 7) is 3.43. The molecule has 1 aromatic carbocycles. The van der Waals surface area contributed by atoms with Crippen molar-refractivity contribution in [1.82, 2.24) is 20.6 Å². The molecule has 3 N–H and O–H groups in total. The minimum absolute atomic E-state index is 0. The highest BCUT2D eigenvalue weighted by Crippen LogP contribution is 2.27. The summed E-state index contributed by atoms with van der Waals surface area (Å²) in [7, 11) is 1.66. The molecule has 0 atom stereocenters. The van der Waals surface area contributed by atoms with Crippen molar-refractivity contribution in [1.29, 1.82) is 0 Å². The molecule has 0 unspecified atom stereocenters. The van der Waals surface area contributed by atoms with Gasteiger partial charge in [0.05, 0.1) is 0 Å². The Balaban J connectivity index is 0.00000420. The predicted octanol–water partition coefficient (Wildman–Crippen LogP) is 3.92. The van der Waals surface area contributed by atoms with Crippen molar-refractivity contribution >= 4 is 47.6 Å². The number of alkyl halides is 3. The van der Waals surface area contributed by atoms with E-state index in [0.717, 1.165) is 17.8 Å². The lowest BCUT2D eigenvalue weighted by Gasteiger charge is -2.14. The number of hydrogen-bond acceptors (Lipinski definition) is 5. The van der Waals surface area contributed by atoms with Crippen LogP contribution in [0.15, 0.2) is 40.4 Å². The normalized spacial score (nSPS) is 11.6. The number of rotatable bonds is 7. The number of halogens is 4. The zero-order valence-electron chi connectivity index (χ0n) is 16.3. The maximum absolute atomic E-state index is 12.7. The number of aryl methyl sites for hydroxylation is 1. The standard InChI is InChI=1S/C18H23F3N6S.HI/c1-12-4-5-13(14(10-12)28-3)11-26-16(22-2)24-8-9-25-17-23-7-6-15(27-17)18(19,20)21;/h4-7,10H,8-9,11H2,1-3H3,(H2,22,24,26)(H,23,25,27);1H. The second kappa shape index (κ2) is 12.1. The first kappa shape index (κ1) is 25.3. The molecule has 160 valence electrons. The maximum Gasteiger partial charge on any atom is 0.433 e. The van der Waals surface area contributed by atoms with Crippen LogP contribution in [0.25, 0.3) is 0 Å². The molecule has 6 nitrogen and oxygen atoms in total. The van der Waals surface area contributed by atoms with Gasteiger partial charge < -0.3 is 16.0 Å². The molecule has 0 aliphatic carbocycles. The van der Waals surface area contributed by atoms with Gasteiger partial charge in [-0.3, -0.25) is 4.99 Å². The number of hydrogen-bond donors (Lipinski definition) is 3. The highest BCUT2D eigenvalue weighted by molar-refractivity contribution is 14.0. The van der Waals surface area contributed by atoms with Gasteiger partial charge in [0.2, 0.25) is 5.95 Å². The lowest BCUT2D eigenvalue weighted by Crippen LogP contribution is -2.39. The van der Waals surface area contributed by atoms with Crippen LogP contribution in [0.4, 0.5) is 19.1 Å². The summed E-state index contributed by atoms with van der Waals surface area (Å²) in [6, 6.07) is 7.11. The van der Waals surface area contributed by atoms with Gasteiger partial charge in [0.15, 0.2) is 5.96 Å². The Labute approximate surface area is 189 Å². The van der Waals surface area contributed by atoms with Crippen molar-refractivity contribution in [3.8, 4) is 0 Å². The first-order valence-corrected chi connectivity index (χ1v) is 9.78. The molecule has 0 saturated carbocycles. The highest BCUT2D eigenvalue weighted by atomic mass is 127. The predicted molar refractivity (Wildman–Crippen MR) is 122 cm³/mol. The molecule has 0 aliphatic heterocycles. The van der Waals surface area contributed by atoms with Gasteiger partial charge in [-0.15, -0.1) is 35.7 Å². The summed E-state index contributed by atoms with van der Waals surface area (Å²) in [5.41, 5.74) is 1.40. The summed E-state index contributed by atoms with van der Waals surface area (Å²) in [4.78, 5) is 12.6. The van der Waals surface area contributed by atoms with Crippen molar-refractivity contribution in [2.75, 3.05) is 31.7 Å². The third kappa shape index (κ3) is 8.25. The van der Waals surface area contributed by atoms with Gasteiger partial charge >= 0.3 is 6.18 Å². The summed E-state index contributed by atoms with van der Waals surface area (Å²) in [5.74, 6) is 0.531. The van der Waals surface area contributed by atoms with E-state index in [1.807, 2.05) is 6.26 Å². The van der Waals surface area contributed by atoms with Crippen molar-refractivity contribution in [2.24, 2.45) is 4.99 Å². The number of aromatic nitrogens is 2. The zero-order chi connectivity index (χ0) is 20.6. The Morgan fingerprint density at radius 3 is 2.59 bits per heavy atom. The topological polar surface area (TPSA) is 74.2 Å². The third-order valence-electron chi connectivity index (χ3n) is 3.76. The van der Waals surface area contributed by atoms with Gasteiger partial charge in [-0.05, 0) is 36.4 Å². The summed E-state index contributed by atoms with van der Waals surface area (Å²) in [5, 5.41) is 9.08. The molecule has 1 aromatic heterocycles. The molecule has 0 saturated heterocycles. The molecule has 2 rings (SSSR count). The van der Waals surface area contributed by atoms with Crippen LogP contribution >= 0.6 is 35.7 Å². The Morgan fingerprint density at radius 2 is 1.93 bits per heavy atom. The largest absolute Gasteiger partial charge is 0.433 e. The molecule has 2 aromatic rings. The molecule has 0 amide bonds. The second-order valence-electron chi connectivity index (χ2n) is 5.86. The van der Waals surface area contributed by atoms with Crippen molar-refractivity contribution in [2.45, 2.75) is 24.5 Å². The van der Waals surface area contributed by atoms with Gasteiger partial charge in [-0.1, -0.05) is 12.1 Å². The lowest BCUT2D eigenvalue weighted by molar-refractivity contribution is -0.141. The van der Waals surface area contributed by atoms with Gasteiger partial charge in [0.1, 0.15) is 5.69 Å². The molecule has 29 heavy (non-hydrogen) atoms. The van der Waals surface area contributed by atoms with Crippen LogP contribution in [0.3, 0.4) is 0 Å². The number of nitrogens with zero attached hydrogens (tertiary/aromatic N) is 3. The molecule has 0 aliphatic rings. The molecular formula is C18H24F3IN6S. The SMILES string of the molecule is CN=C(NCCNc1nccc(C(F)(F)F)n1)NCc1ccc(C)cc1SC.I. The number of thioether (sulfide) groups is 1. The van der Waals surface area contributed by atoms with Crippen LogP contribution in [0.1, 0.15) is 16.8 Å². The Hall–Kier alpha value is -1.76. The van der Waals surface area contributed by atoms with E-state index >= 15 is 0 Å². The van der Waals surface area contributed by atoms with Gasteiger partial charge in [-0.25, -0.2) is 9.97 Å². The van der Waals surface area contributed by atoms with Crippen LogP contribution in [0.2, 0.25) is 0 Å². The quantitative estimate of drug-likeness (QED) is 0.163. The van der Waals surface area contributed by atoms with Gasteiger partial charge in [0, 0.05) is 37.8 Å². The van der Waals surface area contributed by atoms with E-state index in [1.165, 1.54) is 10.5 Å². The molecule has 0 spiro atoms. The van der Waals surface area contributed by atoms with E-state index in [-0.39, 0.29) is 29.9 Å². The van der Waals surface area contributed by atoms with E-state index in [4.69, 9.17) is 0 Å². The minimum Gasteiger partial charge on any atom is -0.355 e. The Morgan fingerprint density at radius 1 is 1.17 bits per heavy atom. The average Bonchev–Trinajstić information content (AvgIpc) is 2.67. The first-order chi connectivity index (χ1) is 13.3.